The predicted molar refractivity (Wildman–Crippen MR) is 100 cm³/mol. The highest BCUT2D eigenvalue weighted by atomic mass is 35.5. The van der Waals surface area contributed by atoms with E-state index >= 15 is 0 Å². The van der Waals surface area contributed by atoms with E-state index < -0.39 is 0 Å². The molecule has 140 valence electrons. The molecule has 0 aromatic heterocycles. The molecule has 2 N–H and O–H groups in total. The molecule has 1 aliphatic heterocycles. The maximum absolute atomic E-state index is 6.05. The van der Waals surface area contributed by atoms with Gasteiger partial charge in [-0.25, -0.2) is 0 Å². The summed E-state index contributed by atoms with van der Waals surface area (Å²) in [7, 11) is 3.44. The van der Waals surface area contributed by atoms with Gasteiger partial charge in [0, 0.05) is 45.5 Å². The highest BCUT2D eigenvalue weighted by Crippen LogP contribution is 2.19. The molecule has 0 amide bonds. The number of rotatable bonds is 9. The minimum atomic E-state index is -0.0945. The van der Waals surface area contributed by atoms with Crippen molar-refractivity contribution in [1.29, 1.82) is 0 Å². The molecule has 1 saturated heterocycles. The summed E-state index contributed by atoms with van der Waals surface area (Å²) in [5, 5.41) is 7.27. The minimum Gasteiger partial charge on any atom is -0.379 e. The molecule has 7 heteroatoms. The summed E-state index contributed by atoms with van der Waals surface area (Å²) in [6.45, 7) is 3.65. The summed E-state index contributed by atoms with van der Waals surface area (Å²) in [4.78, 5) is 4.23. The Balaban J connectivity index is 1.66. The summed E-state index contributed by atoms with van der Waals surface area (Å²) < 4.78 is 16.6. The van der Waals surface area contributed by atoms with Crippen molar-refractivity contribution in [2.24, 2.45) is 4.99 Å². The van der Waals surface area contributed by atoms with Crippen molar-refractivity contribution >= 4 is 17.6 Å². The number of ether oxygens (including phenoxy) is 3. The van der Waals surface area contributed by atoms with Gasteiger partial charge in [-0.15, -0.1) is 0 Å². The molecule has 25 heavy (non-hydrogen) atoms. The first-order chi connectivity index (χ1) is 12.2. The third kappa shape index (κ3) is 7.20. The second-order valence-corrected chi connectivity index (χ2v) is 6.31. The van der Waals surface area contributed by atoms with E-state index in [4.69, 9.17) is 25.8 Å². The van der Waals surface area contributed by atoms with Crippen LogP contribution >= 0.6 is 11.6 Å². The quantitative estimate of drug-likeness (QED) is 0.397. The Labute approximate surface area is 154 Å². The molecule has 0 aliphatic carbocycles. The molecule has 0 radical (unpaired) electrons. The Kier molecular flexibility index (Phi) is 9.04. The lowest BCUT2D eigenvalue weighted by atomic mass is 10.1. The Hall–Kier alpha value is -1.34. The van der Waals surface area contributed by atoms with Gasteiger partial charge in [-0.2, -0.15) is 0 Å². The predicted octanol–water partition coefficient (Wildman–Crippen LogP) is 2.39. The average Bonchev–Trinajstić information content (AvgIpc) is 3.13. The van der Waals surface area contributed by atoms with Crippen LogP contribution in [0.1, 0.15) is 24.5 Å². The van der Waals surface area contributed by atoms with Gasteiger partial charge in [0.15, 0.2) is 5.96 Å². The highest BCUT2D eigenvalue weighted by molar-refractivity contribution is 6.30. The molecule has 1 aromatic carbocycles. The summed E-state index contributed by atoms with van der Waals surface area (Å²) >= 11 is 6.05. The molecule has 1 fully saturated rings. The second-order valence-electron chi connectivity index (χ2n) is 5.87. The van der Waals surface area contributed by atoms with E-state index in [1.807, 2.05) is 24.3 Å². The zero-order chi connectivity index (χ0) is 17.9. The minimum absolute atomic E-state index is 0.0945. The van der Waals surface area contributed by atoms with Crippen molar-refractivity contribution in [3.05, 3.63) is 34.9 Å². The Morgan fingerprint density at radius 3 is 3.00 bits per heavy atom. The van der Waals surface area contributed by atoms with Crippen molar-refractivity contribution in [3.63, 3.8) is 0 Å². The van der Waals surface area contributed by atoms with E-state index in [9.17, 15) is 0 Å². The molecule has 2 atom stereocenters. The fourth-order valence-electron chi connectivity index (χ4n) is 2.63. The maximum Gasteiger partial charge on any atom is 0.191 e. The van der Waals surface area contributed by atoms with Crippen molar-refractivity contribution in [1.82, 2.24) is 10.6 Å². The van der Waals surface area contributed by atoms with Crippen LogP contribution in [0.5, 0.6) is 0 Å². The zero-order valence-electron chi connectivity index (χ0n) is 15.0. The Morgan fingerprint density at radius 2 is 2.32 bits per heavy atom. The van der Waals surface area contributed by atoms with E-state index in [1.165, 1.54) is 0 Å². The number of hydrogen-bond acceptors (Lipinski definition) is 4. The third-order valence-corrected chi connectivity index (χ3v) is 4.27. The summed E-state index contributed by atoms with van der Waals surface area (Å²) in [5.41, 5.74) is 1.03. The van der Waals surface area contributed by atoms with Crippen LogP contribution in [0.25, 0.3) is 0 Å². The molecule has 2 unspecified atom stereocenters. The molecular weight excluding hydrogens is 342 g/mol. The lowest BCUT2D eigenvalue weighted by molar-refractivity contribution is 0.0419. The normalized spacial score (nSPS) is 19.0. The Morgan fingerprint density at radius 1 is 1.44 bits per heavy atom. The lowest BCUT2D eigenvalue weighted by Gasteiger charge is -2.19. The maximum atomic E-state index is 6.05. The van der Waals surface area contributed by atoms with Crippen LogP contribution in [0.15, 0.2) is 29.3 Å². The number of halogens is 1. The van der Waals surface area contributed by atoms with Gasteiger partial charge in [-0.05, 0) is 30.5 Å². The summed E-state index contributed by atoms with van der Waals surface area (Å²) in [6, 6.07) is 7.69. The first kappa shape index (κ1) is 20.0. The van der Waals surface area contributed by atoms with Crippen LogP contribution in [0, 0.1) is 0 Å². The molecule has 2 rings (SSSR count). The van der Waals surface area contributed by atoms with Gasteiger partial charge in [-0.3, -0.25) is 4.99 Å². The third-order valence-electron chi connectivity index (χ3n) is 4.04. The van der Waals surface area contributed by atoms with Gasteiger partial charge in [0.25, 0.3) is 0 Å². The lowest BCUT2D eigenvalue weighted by Crippen LogP contribution is -2.40. The molecule has 0 saturated carbocycles. The van der Waals surface area contributed by atoms with Gasteiger partial charge < -0.3 is 24.8 Å². The average molecular weight is 370 g/mol. The second kappa shape index (κ2) is 11.3. The number of hydrogen-bond donors (Lipinski definition) is 2. The van der Waals surface area contributed by atoms with Crippen molar-refractivity contribution < 1.29 is 14.2 Å². The summed E-state index contributed by atoms with van der Waals surface area (Å²) in [6.07, 6.45) is 2.08. The van der Waals surface area contributed by atoms with Crippen molar-refractivity contribution in [2.45, 2.75) is 25.0 Å². The molecule has 6 nitrogen and oxygen atoms in total. The monoisotopic (exact) mass is 369 g/mol. The van der Waals surface area contributed by atoms with Gasteiger partial charge in [-0.1, -0.05) is 23.7 Å². The largest absolute Gasteiger partial charge is 0.379 e. The topological polar surface area (TPSA) is 64.1 Å². The van der Waals surface area contributed by atoms with E-state index in [1.54, 1.807) is 14.2 Å². The fraction of sp³-hybridized carbons (Fsp3) is 0.611. The highest BCUT2D eigenvalue weighted by Gasteiger charge is 2.15. The molecule has 1 heterocycles. The molecular formula is C18H28ClN3O3. The van der Waals surface area contributed by atoms with Crippen LogP contribution in [-0.4, -0.2) is 59.1 Å². The SMILES string of the molecule is CN=C(NCCCOC1CCOC1)NCC(OC)c1cccc(Cl)c1. The van der Waals surface area contributed by atoms with E-state index in [0.29, 0.717) is 11.6 Å². The van der Waals surface area contributed by atoms with Gasteiger partial charge in [0.2, 0.25) is 0 Å². The fourth-order valence-corrected chi connectivity index (χ4v) is 2.83. The first-order valence-corrected chi connectivity index (χ1v) is 9.03. The van der Waals surface area contributed by atoms with Gasteiger partial charge >= 0.3 is 0 Å². The first-order valence-electron chi connectivity index (χ1n) is 8.65. The van der Waals surface area contributed by atoms with Gasteiger partial charge in [0.05, 0.1) is 18.8 Å². The van der Waals surface area contributed by atoms with E-state index in [-0.39, 0.29) is 12.2 Å². The summed E-state index contributed by atoms with van der Waals surface area (Å²) in [5.74, 6) is 0.744. The van der Waals surface area contributed by atoms with Crippen molar-refractivity contribution in [3.8, 4) is 0 Å². The number of aliphatic imine (C=N–C) groups is 1. The van der Waals surface area contributed by atoms with Crippen LogP contribution in [0.4, 0.5) is 0 Å². The number of nitrogens with zero attached hydrogens (tertiary/aromatic N) is 1. The molecule has 1 aromatic rings. The van der Waals surface area contributed by atoms with Crippen LogP contribution in [0.2, 0.25) is 5.02 Å². The molecule has 0 bridgehead atoms. The van der Waals surface area contributed by atoms with E-state index in [0.717, 1.165) is 50.7 Å². The van der Waals surface area contributed by atoms with Gasteiger partial charge in [0.1, 0.15) is 0 Å². The Bertz CT molecular complexity index is 536. The standard InChI is InChI=1S/C18H28ClN3O3/c1-20-18(21-8-4-9-25-16-7-10-24-13-16)22-12-17(23-2)14-5-3-6-15(19)11-14/h3,5-6,11,16-17H,4,7-10,12-13H2,1-2H3,(H2,20,21,22). The van der Waals surface area contributed by atoms with Crippen LogP contribution in [-0.2, 0) is 14.2 Å². The number of guanidine groups is 1. The van der Waals surface area contributed by atoms with Crippen molar-refractivity contribution in [2.75, 3.05) is 47.1 Å². The number of nitrogens with one attached hydrogen (secondary N) is 2. The molecule has 0 spiro atoms. The molecule has 1 aliphatic rings. The number of benzene rings is 1. The number of methoxy groups -OCH3 is 1. The van der Waals surface area contributed by atoms with Crippen LogP contribution in [0.3, 0.4) is 0 Å². The van der Waals surface area contributed by atoms with Crippen LogP contribution < -0.4 is 10.6 Å². The smallest absolute Gasteiger partial charge is 0.191 e. The van der Waals surface area contributed by atoms with E-state index in [2.05, 4.69) is 15.6 Å². The zero-order valence-corrected chi connectivity index (χ0v) is 15.7.